The first-order chi connectivity index (χ1) is 9.58. The van der Waals surface area contributed by atoms with E-state index in [0.29, 0.717) is 23.2 Å². The molecule has 1 aromatic rings. The highest BCUT2D eigenvalue weighted by atomic mass is 35.5. The normalized spacial score (nSPS) is 17.3. The van der Waals surface area contributed by atoms with Crippen molar-refractivity contribution in [3.05, 3.63) is 38.9 Å². The average Bonchev–Trinajstić information content (AvgIpc) is 2.94. The lowest BCUT2D eigenvalue weighted by Gasteiger charge is -2.23. The number of hydrogen-bond acceptors (Lipinski definition) is 4. The van der Waals surface area contributed by atoms with Crippen LogP contribution in [0.3, 0.4) is 0 Å². The quantitative estimate of drug-likeness (QED) is 0.648. The molecule has 0 spiro atoms. The first-order valence-corrected chi connectivity index (χ1v) is 7.33. The van der Waals surface area contributed by atoms with E-state index in [1.165, 1.54) is 18.9 Å². The molecule has 20 heavy (non-hydrogen) atoms. The molecule has 1 saturated heterocycles. The van der Waals surface area contributed by atoms with E-state index in [2.05, 4.69) is 17.1 Å². The van der Waals surface area contributed by atoms with Crippen LogP contribution >= 0.6 is 11.6 Å². The van der Waals surface area contributed by atoms with Crippen molar-refractivity contribution in [2.45, 2.75) is 32.4 Å². The van der Waals surface area contributed by atoms with E-state index < -0.39 is 0 Å². The van der Waals surface area contributed by atoms with Gasteiger partial charge in [0.05, 0.1) is 4.92 Å². The van der Waals surface area contributed by atoms with E-state index in [1.54, 1.807) is 12.1 Å². The molecule has 0 amide bonds. The largest absolute Gasteiger partial charge is 0.311 e. The van der Waals surface area contributed by atoms with Crippen molar-refractivity contribution in [1.29, 1.82) is 0 Å². The Morgan fingerprint density at radius 3 is 2.80 bits per heavy atom. The third-order valence-corrected chi connectivity index (χ3v) is 4.00. The van der Waals surface area contributed by atoms with E-state index in [1.807, 2.05) is 0 Å². The number of benzene rings is 1. The van der Waals surface area contributed by atoms with Gasteiger partial charge in [-0.15, -0.1) is 0 Å². The van der Waals surface area contributed by atoms with Gasteiger partial charge in [0.25, 0.3) is 5.69 Å². The van der Waals surface area contributed by atoms with Crippen LogP contribution in [0.4, 0.5) is 5.69 Å². The van der Waals surface area contributed by atoms with Crippen molar-refractivity contribution in [1.82, 2.24) is 10.2 Å². The van der Waals surface area contributed by atoms with Crippen molar-refractivity contribution >= 4 is 17.3 Å². The van der Waals surface area contributed by atoms with Gasteiger partial charge in [-0.3, -0.25) is 15.0 Å². The first kappa shape index (κ1) is 15.2. The fourth-order valence-electron chi connectivity index (χ4n) is 2.58. The maximum atomic E-state index is 11.0. The predicted octanol–water partition coefficient (Wildman–Crippen LogP) is 2.82. The zero-order valence-electron chi connectivity index (χ0n) is 11.6. The lowest BCUT2D eigenvalue weighted by atomic mass is 10.1. The van der Waals surface area contributed by atoms with Crippen LogP contribution < -0.4 is 5.32 Å². The summed E-state index contributed by atoms with van der Waals surface area (Å²) < 4.78 is 0. The van der Waals surface area contributed by atoms with Gasteiger partial charge in [-0.05, 0) is 45.0 Å². The second-order valence-corrected chi connectivity index (χ2v) is 5.69. The van der Waals surface area contributed by atoms with Crippen molar-refractivity contribution in [3.63, 3.8) is 0 Å². The summed E-state index contributed by atoms with van der Waals surface area (Å²) in [5.74, 6) is 0. The summed E-state index contributed by atoms with van der Waals surface area (Å²) in [5.41, 5.74) is 0.756. The molecule has 1 fully saturated rings. The van der Waals surface area contributed by atoms with Crippen molar-refractivity contribution in [2.24, 2.45) is 0 Å². The number of nitro groups is 1. The van der Waals surface area contributed by atoms with Gasteiger partial charge in [0.1, 0.15) is 0 Å². The molecule has 1 atom stereocenters. The Kier molecular flexibility index (Phi) is 5.34. The third kappa shape index (κ3) is 3.91. The average molecular weight is 298 g/mol. The predicted molar refractivity (Wildman–Crippen MR) is 80.1 cm³/mol. The Labute approximate surface area is 124 Å². The van der Waals surface area contributed by atoms with Crippen LogP contribution in [0.5, 0.6) is 0 Å². The maximum absolute atomic E-state index is 11.0. The van der Waals surface area contributed by atoms with Gasteiger partial charge in [-0.2, -0.15) is 0 Å². The van der Waals surface area contributed by atoms with Gasteiger partial charge in [-0.25, -0.2) is 0 Å². The molecule has 0 saturated carbocycles. The van der Waals surface area contributed by atoms with Gasteiger partial charge in [0, 0.05) is 35.8 Å². The van der Waals surface area contributed by atoms with Crippen LogP contribution in [0.15, 0.2) is 18.2 Å². The molecule has 6 heteroatoms. The summed E-state index contributed by atoms with van der Waals surface area (Å²) in [7, 11) is 0. The fourth-order valence-corrected chi connectivity index (χ4v) is 2.75. The summed E-state index contributed by atoms with van der Waals surface area (Å²) in [6, 6.07) is 5.27. The van der Waals surface area contributed by atoms with Crippen LogP contribution in [0.2, 0.25) is 5.02 Å². The van der Waals surface area contributed by atoms with Crippen LogP contribution in [0.25, 0.3) is 0 Å². The van der Waals surface area contributed by atoms with Crippen molar-refractivity contribution in [3.8, 4) is 0 Å². The van der Waals surface area contributed by atoms with Crippen molar-refractivity contribution < 1.29 is 4.92 Å². The second-order valence-electron chi connectivity index (χ2n) is 5.25. The summed E-state index contributed by atoms with van der Waals surface area (Å²) in [6.45, 7) is 5.83. The number of nitro benzene ring substituents is 1. The number of halogens is 1. The van der Waals surface area contributed by atoms with Gasteiger partial charge in [0.15, 0.2) is 0 Å². The molecule has 0 radical (unpaired) electrons. The van der Waals surface area contributed by atoms with E-state index >= 15 is 0 Å². The standard InChI is InChI=1S/C14H20ClN3O2/c1-11(17-6-2-3-7-17)9-16-10-12-4-5-13(15)8-14(12)18(19)20/h4-5,8,11,16H,2-3,6-7,9-10H2,1H3. The Balaban J connectivity index is 1.89. The Hall–Kier alpha value is -1.17. The molecule has 1 N–H and O–H groups in total. The molecule has 0 aliphatic carbocycles. The van der Waals surface area contributed by atoms with Gasteiger partial charge in [0.2, 0.25) is 0 Å². The third-order valence-electron chi connectivity index (χ3n) is 3.76. The van der Waals surface area contributed by atoms with Gasteiger partial charge < -0.3 is 5.32 Å². The molecular formula is C14H20ClN3O2. The van der Waals surface area contributed by atoms with Gasteiger partial charge >= 0.3 is 0 Å². The summed E-state index contributed by atoms with van der Waals surface area (Å²) >= 11 is 5.80. The van der Waals surface area contributed by atoms with Crippen molar-refractivity contribution in [2.75, 3.05) is 19.6 Å². The number of likely N-dealkylation sites (tertiary alicyclic amines) is 1. The van der Waals surface area contributed by atoms with Crippen LogP contribution in [0.1, 0.15) is 25.3 Å². The van der Waals surface area contributed by atoms with Crippen LogP contribution in [-0.2, 0) is 6.54 Å². The highest BCUT2D eigenvalue weighted by molar-refractivity contribution is 6.30. The second kappa shape index (κ2) is 7.02. The number of nitrogens with one attached hydrogen (secondary N) is 1. The Morgan fingerprint density at radius 2 is 2.15 bits per heavy atom. The van der Waals surface area contributed by atoms with Crippen LogP contribution in [-0.4, -0.2) is 35.5 Å². The minimum absolute atomic E-state index is 0.0822. The fraction of sp³-hybridized carbons (Fsp3) is 0.571. The van der Waals surface area contributed by atoms with E-state index in [0.717, 1.165) is 19.6 Å². The number of hydrogen-bond donors (Lipinski definition) is 1. The van der Waals surface area contributed by atoms with E-state index in [9.17, 15) is 10.1 Å². The number of rotatable bonds is 6. The molecule has 1 aliphatic heterocycles. The highest BCUT2D eigenvalue weighted by Crippen LogP contribution is 2.23. The zero-order chi connectivity index (χ0) is 14.5. The SMILES string of the molecule is CC(CNCc1ccc(Cl)cc1[N+](=O)[O-])N1CCCC1. The highest BCUT2D eigenvalue weighted by Gasteiger charge is 2.18. The monoisotopic (exact) mass is 297 g/mol. The molecule has 110 valence electrons. The summed E-state index contributed by atoms with van der Waals surface area (Å²) in [6.07, 6.45) is 2.54. The topological polar surface area (TPSA) is 58.4 Å². The lowest BCUT2D eigenvalue weighted by Crippen LogP contribution is -2.38. The zero-order valence-corrected chi connectivity index (χ0v) is 12.4. The molecule has 1 heterocycles. The van der Waals surface area contributed by atoms with E-state index in [4.69, 9.17) is 11.6 Å². The molecule has 5 nitrogen and oxygen atoms in total. The first-order valence-electron chi connectivity index (χ1n) is 6.95. The molecule has 1 aliphatic rings. The summed E-state index contributed by atoms with van der Waals surface area (Å²) in [4.78, 5) is 13.1. The Morgan fingerprint density at radius 1 is 1.45 bits per heavy atom. The minimum Gasteiger partial charge on any atom is -0.311 e. The lowest BCUT2D eigenvalue weighted by molar-refractivity contribution is -0.385. The number of nitrogens with zero attached hydrogens (tertiary/aromatic N) is 2. The molecule has 2 rings (SSSR count). The van der Waals surface area contributed by atoms with Crippen LogP contribution in [0, 0.1) is 10.1 Å². The molecule has 1 aromatic carbocycles. The Bertz CT molecular complexity index is 475. The molecule has 0 aromatic heterocycles. The van der Waals surface area contributed by atoms with E-state index in [-0.39, 0.29) is 10.6 Å². The summed E-state index contributed by atoms with van der Waals surface area (Å²) in [5, 5.41) is 14.7. The molecular weight excluding hydrogens is 278 g/mol. The molecule has 1 unspecified atom stereocenters. The molecule has 0 bridgehead atoms. The smallest absolute Gasteiger partial charge is 0.275 e. The van der Waals surface area contributed by atoms with Gasteiger partial charge in [-0.1, -0.05) is 11.6 Å². The minimum atomic E-state index is -0.382. The maximum Gasteiger partial charge on any atom is 0.275 e.